The maximum Gasteiger partial charge on any atom is 0.375 e. The molecule has 0 radical (unpaired) electrons. The molecule has 28 heavy (non-hydrogen) atoms. The van der Waals surface area contributed by atoms with Gasteiger partial charge in [0.25, 0.3) is 5.78 Å². The molecule has 5 heteroatoms. The van der Waals surface area contributed by atoms with E-state index in [0.29, 0.717) is 18.4 Å². The van der Waals surface area contributed by atoms with Crippen LogP contribution in [0.1, 0.15) is 63.7 Å². The second kappa shape index (κ2) is 12.0. The number of Topliss-reactive ketones (excluding diaryl/α,β-unsaturated/α-hetero) is 2. The zero-order valence-corrected chi connectivity index (χ0v) is 17.2. The van der Waals surface area contributed by atoms with Crippen molar-refractivity contribution in [1.82, 2.24) is 0 Å². The fourth-order valence-corrected chi connectivity index (χ4v) is 2.84. The van der Waals surface area contributed by atoms with Crippen LogP contribution in [0.25, 0.3) is 0 Å². The number of rotatable bonds is 12. The van der Waals surface area contributed by atoms with Gasteiger partial charge >= 0.3 is 5.97 Å². The van der Waals surface area contributed by atoms with Crippen molar-refractivity contribution in [2.45, 2.75) is 53.4 Å². The summed E-state index contributed by atoms with van der Waals surface area (Å²) in [5.74, 6) is -4.22. The molecule has 1 rings (SSSR count). The Morgan fingerprint density at radius 1 is 1.04 bits per heavy atom. The van der Waals surface area contributed by atoms with Gasteiger partial charge in [0.05, 0.1) is 12.5 Å². The summed E-state index contributed by atoms with van der Waals surface area (Å²) in [6.07, 6.45) is 3.28. The van der Waals surface area contributed by atoms with Crippen molar-refractivity contribution in [3.05, 3.63) is 47.5 Å². The van der Waals surface area contributed by atoms with Gasteiger partial charge in [0.1, 0.15) is 0 Å². The Hall–Kier alpha value is -2.56. The maximum atomic E-state index is 12.8. The Bertz CT molecular complexity index is 714. The zero-order valence-electron chi connectivity index (χ0n) is 17.2. The van der Waals surface area contributed by atoms with Crippen molar-refractivity contribution in [2.24, 2.45) is 11.8 Å². The number of ether oxygens (including phenoxy) is 1. The molecule has 5 nitrogen and oxygen atoms in total. The average Bonchev–Trinajstić information content (AvgIpc) is 2.68. The summed E-state index contributed by atoms with van der Waals surface area (Å²) in [7, 11) is 0. The first-order valence-corrected chi connectivity index (χ1v) is 9.80. The van der Waals surface area contributed by atoms with Gasteiger partial charge in [0.2, 0.25) is 0 Å². The number of benzene rings is 1. The second-order valence-corrected chi connectivity index (χ2v) is 7.10. The molecule has 0 heterocycles. The summed E-state index contributed by atoms with van der Waals surface area (Å²) in [6.45, 7) is 7.40. The van der Waals surface area contributed by atoms with Crippen LogP contribution < -0.4 is 0 Å². The molecule has 2 atom stereocenters. The molecule has 152 valence electrons. The molecule has 0 spiro atoms. The van der Waals surface area contributed by atoms with Crippen molar-refractivity contribution in [1.29, 1.82) is 0 Å². The topological polar surface area (TPSA) is 77.5 Å². The Kier molecular flexibility index (Phi) is 10.1. The van der Waals surface area contributed by atoms with Crippen molar-refractivity contribution in [3.8, 4) is 0 Å². The minimum Gasteiger partial charge on any atom is -0.460 e. The van der Waals surface area contributed by atoms with E-state index in [-0.39, 0.29) is 18.8 Å². The van der Waals surface area contributed by atoms with E-state index in [2.05, 4.69) is 0 Å². The third-order valence-electron chi connectivity index (χ3n) is 4.47. The van der Waals surface area contributed by atoms with Crippen LogP contribution in [0, 0.1) is 11.8 Å². The molecule has 0 saturated carbocycles. The average molecular weight is 386 g/mol. The van der Waals surface area contributed by atoms with Crippen LogP contribution in [0.15, 0.2) is 42.0 Å². The van der Waals surface area contributed by atoms with Gasteiger partial charge in [-0.2, -0.15) is 0 Å². The summed E-state index contributed by atoms with van der Waals surface area (Å²) in [5, 5.41) is 0. The van der Waals surface area contributed by atoms with Crippen LogP contribution in [-0.4, -0.2) is 29.9 Å². The smallest absolute Gasteiger partial charge is 0.375 e. The Morgan fingerprint density at radius 2 is 1.68 bits per heavy atom. The van der Waals surface area contributed by atoms with Gasteiger partial charge < -0.3 is 4.74 Å². The predicted molar refractivity (Wildman–Crippen MR) is 108 cm³/mol. The molecule has 0 aromatic heterocycles. The SMILES string of the molecule is CCCCOC(=O)C(=O)[C@H](C[C@@H](CC)C(=O)c1ccccc1)C(=O)C=C(C)C. The molecule has 0 amide bonds. The molecule has 0 aliphatic heterocycles. The van der Waals surface area contributed by atoms with Gasteiger partial charge in [0, 0.05) is 11.5 Å². The molecule has 0 N–H and O–H groups in total. The third kappa shape index (κ3) is 7.22. The lowest BCUT2D eigenvalue weighted by atomic mass is 9.82. The Balaban J connectivity index is 3.04. The Labute approximate surface area is 167 Å². The van der Waals surface area contributed by atoms with Gasteiger partial charge in [-0.05, 0) is 39.2 Å². The molecule has 0 fully saturated rings. The summed E-state index contributed by atoms with van der Waals surface area (Å²) in [6, 6.07) is 8.76. The molecule has 1 aromatic rings. The molecular weight excluding hydrogens is 356 g/mol. The lowest BCUT2D eigenvalue weighted by Crippen LogP contribution is -2.34. The molecule has 0 aliphatic carbocycles. The van der Waals surface area contributed by atoms with Gasteiger partial charge in [-0.15, -0.1) is 0 Å². The fraction of sp³-hybridized carbons (Fsp3) is 0.478. The number of esters is 1. The monoisotopic (exact) mass is 386 g/mol. The predicted octanol–water partition coefficient (Wildman–Crippen LogP) is 4.35. The first kappa shape index (κ1) is 23.5. The number of ketones is 3. The van der Waals surface area contributed by atoms with E-state index in [9.17, 15) is 19.2 Å². The summed E-state index contributed by atoms with van der Waals surface area (Å²) >= 11 is 0. The molecule has 0 unspecified atom stereocenters. The van der Waals surface area contributed by atoms with Crippen LogP contribution in [0.3, 0.4) is 0 Å². The van der Waals surface area contributed by atoms with E-state index in [1.807, 2.05) is 19.9 Å². The van der Waals surface area contributed by atoms with Crippen LogP contribution in [0.2, 0.25) is 0 Å². The molecule has 0 saturated heterocycles. The van der Waals surface area contributed by atoms with Crippen LogP contribution >= 0.6 is 0 Å². The highest BCUT2D eigenvalue weighted by atomic mass is 16.5. The maximum absolute atomic E-state index is 12.8. The molecule has 1 aromatic carbocycles. The van der Waals surface area contributed by atoms with Crippen molar-refractivity contribution in [3.63, 3.8) is 0 Å². The largest absolute Gasteiger partial charge is 0.460 e. The first-order chi connectivity index (χ1) is 13.3. The number of unbranched alkanes of at least 4 members (excludes halogenated alkanes) is 1. The highest BCUT2D eigenvalue weighted by Crippen LogP contribution is 2.23. The lowest BCUT2D eigenvalue weighted by molar-refractivity contribution is -0.157. The quantitative estimate of drug-likeness (QED) is 0.133. The lowest BCUT2D eigenvalue weighted by Gasteiger charge is -2.19. The number of carbonyl (C=O) groups is 4. The van der Waals surface area contributed by atoms with Gasteiger partial charge in [-0.1, -0.05) is 56.2 Å². The van der Waals surface area contributed by atoms with Crippen LogP contribution in [0.4, 0.5) is 0 Å². The highest BCUT2D eigenvalue weighted by Gasteiger charge is 2.35. The van der Waals surface area contributed by atoms with E-state index in [4.69, 9.17) is 4.74 Å². The van der Waals surface area contributed by atoms with Crippen molar-refractivity contribution < 1.29 is 23.9 Å². The van der Waals surface area contributed by atoms with Gasteiger partial charge in [-0.25, -0.2) is 4.79 Å². The minimum absolute atomic E-state index is 0.00540. The fourth-order valence-electron chi connectivity index (χ4n) is 2.84. The molecular formula is C23H30O5. The minimum atomic E-state index is -1.21. The van der Waals surface area contributed by atoms with E-state index >= 15 is 0 Å². The summed E-state index contributed by atoms with van der Waals surface area (Å²) < 4.78 is 4.99. The molecule has 0 bridgehead atoms. The second-order valence-electron chi connectivity index (χ2n) is 7.10. The summed E-state index contributed by atoms with van der Waals surface area (Å²) in [5.41, 5.74) is 1.25. The standard InChI is InChI=1S/C23H30O5/c1-5-7-13-28-23(27)22(26)19(20(24)14-16(3)4)15-17(6-2)21(25)18-11-9-8-10-12-18/h8-12,14,17,19H,5-7,13,15H2,1-4H3/t17-,19-/m1/s1. The first-order valence-electron chi connectivity index (χ1n) is 9.80. The van der Waals surface area contributed by atoms with Crippen LogP contribution in [0.5, 0.6) is 0 Å². The summed E-state index contributed by atoms with van der Waals surface area (Å²) in [4.78, 5) is 50.2. The number of hydrogen-bond donors (Lipinski definition) is 0. The van der Waals surface area contributed by atoms with E-state index in [0.717, 1.165) is 12.0 Å². The number of carbonyl (C=O) groups excluding carboxylic acids is 4. The number of hydrogen-bond acceptors (Lipinski definition) is 5. The zero-order chi connectivity index (χ0) is 21.1. The normalized spacial score (nSPS) is 12.6. The van der Waals surface area contributed by atoms with E-state index in [1.165, 1.54) is 6.08 Å². The third-order valence-corrected chi connectivity index (χ3v) is 4.47. The van der Waals surface area contributed by atoms with Crippen LogP contribution in [-0.2, 0) is 19.1 Å². The van der Waals surface area contributed by atoms with E-state index < -0.39 is 29.4 Å². The van der Waals surface area contributed by atoms with Gasteiger partial charge in [0.15, 0.2) is 11.6 Å². The highest BCUT2D eigenvalue weighted by molar-refractivity contribution is 6.39. The Morgan fingerprint density at radius 3 is 2.21 bits per heavy atom. The van der Waals surface area contributed by atoms with E-state index in [1.54, 1.807) is 38.1 Å². The van der Waals surface area contributed by atoms with Crippen molar-refractivity contribution >= 4 is 23.3 Å². The van der Waals surface area contributed by atoms with Crippen molar-refractivity contribution in [2.75, 3.05) is 6.61 Å². The van der Waals surface area contributed by atoms with Gasteiger partial charge in [-0.3, -0.25) is 14.4 Å². The number of allylic oxidation sites excluding steroid dienone is 2. The molecule has 0 aliphatic rings.